The van der Waals surface area contributed by atoms with Crippen molar-refractivity contribution in [3.05, 3.63) is 82.3 Å². The van der Waals surface area contributed by atoms with Gasteiger partial charge >= 0.3 is 6.18 Å². The van der Waals surface area contributed by atoms with Crippen LogP contribution in [0.15, 0.2) is 59.5 Å². The minimum Gasteiger partial charge on any atom is -0.497 e. The summed E-state index contributed by atoms with van der Waals surface area (Å²) in [5.74, 6) is -1.49. The molecule has 182 valence electrons. The number of hydrogen-bond donors (Lipinski definition) is 2. The van der Waals surface area contributed by atoms with Crippen LogP contribution in [0.4, 0.5) is 33.5 Å². The van der Waals surface area contributed by atoms with Crippen LogP contribution in [-0.4, -0.2) is 22.8 Å². The zero-order valence-corrected chi connectivity index (χ0v) is 18.3. The Kier molecular flexibility index (Phi) is 6.33. The fourth-order valence-electron chi connectivity index (χ4n) is 3.64. The minimum absolute atomic E-state index is 0.0834. The summed E-state index contributed by atoms with van der Waals surface area (Å²) in [6.45, 7) is -1.37. The molecule has 4 aromatic rings. The molecule has 0 bridgehead atoms. The molecule has 0 amide bonds. The van der Waals surface area contributed by atoms with Crippen molar-refractivity contribution in [1.29, 1.82) is 0 Å². The molecule has 2 aromatic carbocycles. The number of benzene rings is 2. The van der Waals surface area contributed by atoms with Crippen LogP contribution in [0.25, 0.3) is 22.0 Å². The van der Waals surface area contributed by atoms with Crippen molar-refractivity contribution in [2.75, 3.05) is 18.2 Å². The van der Waals surface area contributed by atoms with E-state index in [4.69, 9.17) is 10.5 Å². The van der Waals surface area contributed by atoms with E-state index < -0.39 is 46.7 Å². The highest BCUT2D eigenvalue weighted by Crippen LogP contribution is 2.30. The predicted molar refractivity (Wildman–Crippen MR) is 122 cm³/mol. The number of nitrogens with two attached hydrogens (primary N) is 1. The van der Waals surface area contributed by atoms with Crippen LogP contribution in [-0.2, 0) is 13.1 Å². The average Bonchev–Trinajstić information content (AvgIpc) is 2.82. The van der Waals surface area contributed by atoms with E-state index in [0.29, 0.717) is 16.9 Å². The van der Waals surface area contributed by atoms with Gasteiger partial charge in [-0.3, -0.25) is 9.36 Å². The lowest BCUT2D eigenvalue weighted by molar-refractivity contribution is -0.140. The number of methoxy groups -OCH3 is 1. The lowest BCUT2D eigenvalue weighted by Crippen LogP contribution is -2.29. The molecule has 0 fully saturated rings. The molecular formula is C24H19F5N4O2. The molecule has 2 aromatic heterocycles. The van der Waals surface area contributed by atoms with E-state index in [1.165, 1.54) is 19.4 Å². The van der Waals surface area contributed by atoms with Gasteiger partial charge in [0, 0.05) is 24.2 Å². The Balaban J connectivity index is 1.81. The number of fused-ring (bicyclic) bond motifs is 1. The van der Waals surface area contributed by atoms with Crippen molar-refractivity contribution >= 4 is 22.4 Å². The molecule has 4 rings (SSSR count). The third kappa shape index (κ3) is 5.03. The number of nitrogens with one attached hydrogen (secondary N) is 1. The molecule has 0 radical (unpaired) electrons. The van der Waals surface area contributed by atoms with Crippen LogP contribution in [0.3, 0.4) is 0 Å². The van der Waals surface area contributed by atoms with Crippen molar-refractivity contribution < 1.29 is 26.7 Å². The van der Waals surface area contributed by atoms with Gasteiger partial charge < -0.3 is 15.8 Å². The summed E-state index contributed by atoms with van der Waals surface area (Å²) in [6, 6.07) is 11.3. The maximum atomic E-state index is 14.6. The fourth-order valence-corrected chi connectivity index (χ4v) is 3.64. The van der Waals surface area contributed by atoms with E-state index in [-0.39, 0.29) is 16.7 Å². The Morgan fingerprint density at radius 1 is 1.09 bits per heavy atom. The van der Waals surface area contributed by atoms with E-state index in [9.17, 15) is 26.7 Å². The van der Waals surface area contributed by atoms with Crippen LogP contribution in [0, 0.1) is 11.6 Å². The largest absolute Gasteiger partial charge is 0.497 e. The summed E-state index contributed by atoms with van der Waals surface area (Å²) in [5.41, 5.74) is 3.18. The number of anilines is 2. The monoisotopic (exact) mass is 490 g/mol. The zero-order chi connectivity index (χ0) is 25.3. The highest BCUT2D eigenvalue weighted by molar-refractivity contribution is 5.86. The second-order valence-corrected chi connectivity index (χ2v) is 7.72. The number of alkyl halides is 3. The van der Waals surface area contributed by atoms with Gasteiger partial charge in [0.05, 0.1) is 29.4 Å². The predicted octanol–water partition coefficient (Wildman–Crippen LogP) is 5.11. The van der Waals surface area contributed by atoms with E-state index in [1.807, 2.05) is 0 Å². The molecule has 0 unspecified atom stereocenters. The summed E-state index contributed by atoms with van der Waals surface area (Å²) in [6.07, 6.45) is -3.55. The van der Waals surface area contributed by atoms with Gasteiger partial charge in [-0.2, -0.15) is 13.2 Å². The lowest BCUT2D eigenvalue weighted by Gasteiger charge is -2.16. The summed E-state index contributed by atoms with van der Waals surface area (Å²) in [5, 5.41) is 3.07. The van der Waals surface area contributed by atoms with Crippen molar-refractivity contribution in [2.45, 2.75) is 19.3 Å². The number of ether oxygens (including phenoxy) is 1. The van der Waals surface area contributed by atoms with Gasteiger partial charge in [-0.25, -0.2) is 13.8 Å². The van der Waals surface area contributed by atoms with Gasteiger partial charge in [0.15, 0.2) is 5.82 Å². The molecule has 0 aliphatic rings. The van der Waals surface area contributed by atoms with Gasteiger partial charge in [0.2, 0.25) is 0 Å². The van der Waals surface area contributed by atoms with Crippen molar-refractivity contribution in [1.82, 2.24) is 9.55 Å². The summed E-state index contributed by atoms with van der Waals surface area (Å²) < 4.78 is 74.7. The molecule has 3 N–H and O–H groups in total. The zero-order valence-electron chi connectivity index (χ0n) is 18.3. The SMILES string of the molecule is COc1ccc(CNc2cc3c(cn2)cc(-c2c(F)ccc(N)c2F)c(=O)n3CC(F)(F)F)cc1. The first-order valence-electron chi connectivity index (χ1n) is 10.3. The number of pyridine rings is 2. The van der Waals surface area contributed by atoms with E-state index in [2.05, 4.69) is 10.3 Å². The molecule has 0 spiro atoms. The van der Waals surface area contributed by atoms with Crippen molar-refractivity contribution in [3.63, 3.8) is 0 Å². The van der Waals surface area contributed by atoms with Gasteiger partial charge in [-0.1, -0.05) is 12.1 Å². The molecule has 0 atom stereocenters. The smallest absolute Gasteiger partial charge is 0.406 e. The van der Waals surface area contributed by atoms with Crippen LogP contribution in [0.1, 0.15) is 5.56 Å². The Hall–Kier alpha value is -4.15. The molecule has 35 heavy (non-hydrogen) atoms. The molecule has 0 aliphatic carbocycles. The maximum Gasteiger partial charge on any atom is 0.406 e. The Labute approximate surface area is 195 Å². The number of halogens is 5. The fraction of sp³-hybridized carbons (Fsp3) is 0.167. The average molecular weight is 490 g/mol. The van der Waals surface area contributed by atoms with Crippen LogP contribution >= 0.6 is 0 Å². The van der Waals surface area contributed by atoms with Gasteiger partial charge in [0.1, 0.15) is 23.9 Å². The summed E-state index contributed by atoms with van der Waals surface area (Å²) >= 11 is 0. The van der Waals surface area contributed by atoms with Crippen molar-refractivity contribution in [3.8, 4) is 16.9 Å². The third-order valence-corrected chi connectivity index (χ3v) is 5.34. The molecule has 0 saturated heterocycles. The molecule has 11 heteroatoms. The Morgan fingerprint density at radius 3 is 2.46 bits per heavy atom. The topological polar surface area (TPSA) is 82.2 Å². The van der Waals surface area contributed by atoms with E-state index >= 15 is 0 Å². The van der Waals surface area contributed by atoms with Crippen LogP contribution in [0.2, 0.25) is 0 Å². The first-order valence-corrected chi connectivity index (χ1v) is 10.3. The first kappa shape index (κ1) is 24.0. The number of nitrogens with zero attached hydrogens (tertiary/aromatic N) is 2. The van der Waals surface area contributed by atoms with Gasteiger partial charge in [-0.15, -0.1) is 0 Å². The minimum atomic E-state index is -4.78. The molecular weight excluding hydrogens is 471 g/mol. The lowest BCUT2D eigenvalue weighted by atomic mass is 10.0. The quantitative estimate of drug-likeness (QED) is 0.290. The highest BCUT2D eigenvalue weighted by atomic mass is 19.4. The number of hydrogen-bond acceptors (Lipinski definition) is 5. The second kappa shape index (κ2) is 9.24. The standard InChI is InChI=1S/C24H19F5N4O2/c1-35-15-4-2-13(3-5-15)10-31-20-9-19-14(11-32-20)8-16(23(34)33(19)12-24(27,28)29)21-17(25)6-7-18(30)22(21)26/h2-9,11H,10,12,30H2,1H3,(H,31,32). The first-order chi connectivity index (χ1) is 16.6. The normalized spacial score (nSPS) is 11.6. The summed E-state index contributed by atoms with van der Waals surface area (Å²) in [7, 11) is 1.54. The second-order valence-electron chi connectivity index (χ2n) is 7.72. The third-order valence-electron chi connectivity index (χ3n) is 5.34. The summed E-state index contributed by atoms with van der Waals surface area (Å²) in [4.78, 5) is 17.2. The maximum absolute atomic E-state index is 14.6. The van der Waals surface area contributed by atoms with E-state index in [1.54, 1.807) is 24.3 Å². The van der Waals surface area contributed by atoms with E-state index in [0.717, 1.165) is 23.8 Å². The van der Waals surface area contributed by atoms with Gasteiger partial charge in [0.25, 0.3) is 5.56 Å². The molecule has 2 heterocycles. The van der Waals surface area contributed by atoms with Crippen LogP contribution in [0.5, 0.6) is 5.75 Å². The highest BCUT2D eigenvalue weighted by Gasteiger charge is 2.31. The van der Waals surface area contributed by atoms with Crippen LogP contribution < -0.4 is 21.3 Å². The molecule has 0 saturated carbocycles. The Bertz CT molecular complexity index is 1450. The Morgan fingerprint density at radius 2 is 1.80 bits per heavy atom. The molecule has 0 aliphatic heterocycles. The number of aromatic nitrogens is 2. The number of nitrogen functional groups attached to an aromatic ring is 1. The number of rotatable bonds is 6. The molecule has 6 nitrogen and oxygen atoms in total. The van der Waals surface area contributed by atoms with Gasteiger partial charge in [-0.05, 0) is 35.9 Å². The van der Waals surface area contributed by atoms with Crippen molar-refractivity contribution in [2.24, 2.45) is 0 Å².